The van der Waals surface area contributed by atoms with Gasteiger partial charge in [-0.25, -0.2) is 4.98 Å². The molecule has 0 bridgehead atoms. The van der Waals surface area contributed by atoms with Gasteiger partial charge in [-0.3, -0.25) is 4.68 Å². The Bertz CT molecular complexity index is 376. The maximum Gasteiger partial charge on any atom is 0.401 e. The van der Waals surface area contributed by atoms with Crippen LogP contribution in [-0.4, -0.2) is 27.5 Å². The van der Waals surface area contributed by atoms with Gasteiger partial charge in [0.25, 0.3) is 0 Å². The first kappa shape index (κ1) is 14.0. The van der Waals surface area contributed by atoms with Crippen molar-refractivity contribution in [2.45, 2.75) is 38.9 Å². The van der Waals surface area contributed by atoms with E-state index in [0.717, 1.165) is 0 Å². The number of halogens is 3. The third kappa shape index (κ3) is 4.33. The molecule has 0 amide bonds. The molecule has 0 fully saturated rings. The highest BCUT2D eigenvalue weighted by atomic mass is 19.4. The second-order valence-corrected chi connectivity index (χ2v) is 4.94. The molecule has 0 aliphatic rings. The lowest BCUT2D eigenvalue weighted by molar-refractivity contribution is -0.125. The minimum atomic E-state index is -4.20. The van der Waals surface area contributed by atoms with E-state index >= 15 is 0 Å². The van der Waals surface area contributed by atoms with Crippen molar-refractivity contribution in [2.75, 3.05) is 6.54 Å². The summed E-state index contributed by atoms with van der Waals surface area (Å²) in [5.41, 5.74) is -0.208. The number of aryl methyl sites for hydroxylation is 1. The van der Waals surface area contributed by atoms with Crippen molar-refractivity contribution in [1.29, 1.82) is 0 Å². The highest BCUT2D eigenvalue weighted by molar-refractivity contribution is 5.03. The van der Waals surface area contributed by atoms with Gasteiger partial charge in [0, 0.05) is 12.5 Å². The molecule has 7 heteroatoms. The number of alkyl halides is 3. The van der Waals surface area contributed by atoms with Crippen molar-refractivity contribution < 1.29 is 13.2 Å². The fraction of sp³-hybridized carbons (Fsp3) is 0.800. The molecule has 17 heavy (non-hydrogen) atoms. The summed E-state index contributed by atoms with van der Waals surface area (Å²) in [6, 6.07) is 0. The van der Waals surface area contributed by atoms with Crippen LogP contribution >= 0.6 is 0 Å². The lowest BCUT2D eigenvalue weighted by atomic mass is 9.96. The summed E-state index contributed by atoms with van der Waals surface area (Å²) in [5.74, 6) is 1.13. The molecule has 1 aromatic rings. The van der Waals surface area contributed by atoms with Crippen LogP contribution < -0.4 is 5.32 Å². The summed E-state index contributed by atoms with van der Waals surface area (Å²) in [4.78, 5) is 4.22. The highest BCUT2D eigenvalue weighted by Crippen LogP contribution is 2.18. The fourth-order valence-corrected chi connectivity index (χ4v) is 1.20. The molecule has 0 spiro atoms. The molecule has 0 atom stereocenters. The van der Waals surface area contributed by atoms with Gasteiger partial charge in [0.2, 0.25) is 0 Å². The van der Waals surface area contributed by atoms with Gasteiger partial charge in [-0.1, -0.05) is 20.8 Å². The van der Waals surface area contributed by atoms with Gasteiger partial charge >= 0.3 is 6.18 Å². The first-order valence-electron chi connectivity index (χ1n) is 5.27. The smallest absolute Gasteiger partial charge is 0.302 e. The van der Waals surface area contributed by atoms with E-state index in [-0.39, 0.29) is 12.0 Å². The van der Waals surface area contributed by atoms with E-state index in [2.05, 4.69) is 15.4 Å². The fourth-order valence-electron chi connectivity index (χ4n) is 1.20. The standard InChI is InChI=1S/C10H17F3N4/c1-9(2,3)8-15-7(17(4)16-8)5-14-6-10(11,12)13/h14H,5-6H2,1-4H3. The zero-order valence-corrected chi connectivity index (χ0v) is 10.4. The summed E-state index contributed by atoms with van der Waals surface area (Å²) in [6.45, 7) is 4.89. The number of nitrogens with zero attached hydrogens (tertiary/aromatic N) is 3. The zero-order chi connectivity index (χ0) is 13.3. The number of hydrogen-bond acceptors (Lipinski definition) is 3. The predicted molar refractivity (Wildman–Crippen MR) is 57.5 cm³/mol. The Kier molecular flexibility index (Phi) is 3.81. The summed E-state index contributed by atoms with van der Waals surface area (Å²) in [6.07, 6.45) is -4.20. The number of nitrogens with one attached hydrogen (secondary N) is 1. The van der Waals surface area contributed by atoms with Gasteiger partial charge in [0.15, 0.2) is 5.82 Å². The molecule has 1 rings (SSSR count). The molecule has 1 heterocycles. The quantitative estimate of drug-likeness (QED) is 0.889. The van der Waals surface area contributed by atoms with Crippen molar-refractivity contribution >= 4 is 0 Å². The van der Waals surface area contributed by atoms with Gasteiger partial charge in [0.05, 0.1) is 13.1 Å². The Morgan fingerprint density at radius 1 is 1.24 bits per heavy atom. The van der Waals surface area contributed by atoms with Gasteiger partial charge in [0.1, 0.15) is 5.82 Å². The van der Waals surface area contributed by atoms with Crippen molar-refractivity contribution in [2.24, 2.45) is 7.05 Å². The second kappa shape index (κ2) is 4.64. The van der Waals surface area contributed by atoms with E-state index < -0.39 is 12.7 Å². The van der Waals surface area contributed by atoms with Crippen LogP contribution in [0.1, 0.15) is 32.4 Å². The topological polar surface area (TPSA) is 42.7 Å². The van der Waals surface area contributed by atoms with E-state index in [0.29, 0.717) is 11.6 Å². The molecule has 4 nitrogen and oxygen atoms in total. The molecule has 98 valence electrons. The van der Waals surface area contributed by atoms with E-state index in [1.165, 1.54) is 4.68 Å². The second-order valence-electron chi connectivity index (χ2n) is 4.94. The lowest BCUT2D eigenvalue weighted by Crippen LogP contribution is -2.29. The molecule has 1 aromatic heterocycles. The molecule has 0 saturated heterocycles. The number of aromatic nitrogens is 3. The van der Waals surface area contributed by atoms with Crippen molar-refractivity contribution in [3.05, 3.63) is 11.6 Å². The van der Waals surface area contributed by atoms with Crippen LogP contribution in [0.4, 0.5) is 13.2 Å². The van der Waals surface area contributed by atoms with E-state index in [1.807, 2.05) is 20.8 Å². The molecule has 0 unspecified atom stereocenters. The molecule has 0 saturated carbocycles. The van der Waals surface area contributed by atoms with Crippen LogP contribution in [0.2, 0.25) is 0 Å². The average molecular weight is 250 g/mol. The van der Waals surface area contributed by atoms with Crippen LogP contribution in [0.5, 0.6) is 0 Å². The number of rotatable bonds is 3. The van der Waals surface area contributed by atoms with Gasteiger partial charge in [-0.15, -0.1) is 0 Å². The Hall–Kier alpha value is -1.11. The summed E-state index contributed by atoms with van der Waals surface area (Å²) < 4.78 is 37.3. The molecule has 0 aromatic carbocycles. The minimum Gasteiger partial charge on any atom is -0.302 e. The van der Waals surface area contributed by atoms with Gasteiger partial charge < -0.3 is 5.32 Å². The first-order valence-corrected chi connectivity index (χ1v) is 5.27. The third-order valence-corrected chi connectivity index (χ3v) is 2.13. The summed E-state index contributed by atoms with van der Waals surface area (Å²) in [5, 5.41) is 6.48. The van der Waals surface area contributed by atoms with Crippen LogP contribution in [0.25, 0.3) is 0 Å². The lowest BCUT2D eigenvalue weighted by Gasteiger charge is -2.12. The average Bonchev–Trinajstić information content (AvgIpc) is 2.45. The predicted octanol–water partition coefficient (Wildman–Crippen LogP) is 1.76. The van der Waals surface area contributed by atoms with E-state index in [4.69, 9.17) is 0 Å². The van der Waals surface area contributed by atoms with E-state index in [1.54, 1.807) is 7.05 Å². The van der Waals surface area contributed by atoms with Crippen LogP contribution in [-0.2, 0) is 19.0 Å². The van der Waals surface area contributed by atoms with Gasteiger partial charge in [-0.2, -0.15) is 18.3 Å². The van der Waals surface area contributed by atoms with Gasteiger partial charge in [-0.05, 0) is 0 Å². The molecule has 0 aliphatic heterocycles. The molecular weight excluding hydrogens is 233 g/mol. The Morgan fingerprint density at radius 2 is 1.82 bits per heavy atom. The Balaban J connectivity index is 2.64. The van der Waals surface area contributed by atoms with Crippen LogP contribution in [0, 0.1) is 0 Å². The molecular formula is C10H17F3N4. The summed E-state index contributed by atoms with van der Waals surface area (Å²) >= 11 is 0. The SMILES string of the molecule is Cn1nc(C(C)(C)C)nc1CNCC(F)(F)F. The minimum absolute atomic E-state index is 0.0547. The Labute approximate surface area is 98.2 Å². The highest BCUT2D eigenvalue weighted by Gasteiger charge is 2.27. The maximum atomic E-state index is 11.9. The van der Waals surface area contributed by atoms with E-state index in [9.17, 15) is 13.2 Å². The molecule has 0 radical (unpaired) electrons. The van der Waals surface area contributed by atoms with Crippen molar-refractivity contribution in [1.82, 2.24) is 20.1 Å². The molecule has 0 aliphatic carbocycles. The third-order valence-electron chi connectivity index (χ3n) is 2.13. The molecule has 1 N–H and O–H groups in total. The number of hydrogen-bond donors (Lipinski definition) is 1. The maximum absolute atomic E-state index is 11.9. The van der Waals surface area contributed by atoms with Crippen molar-refractivity contribution in [3.63, 3.8) is 0 Å². The zero-order valence-electron chi connectivity index (χ0n) is 10.4. The van der Waals surface area contributed by atoms with Crippen LogP contribution in [0.15, 0.2) is 0 Å². The van der Waals surface area contributed by atoms with Crippen molar-refractivity contribution in [3.8, 4) is 0 Å². The summed E-state index contributed by atoms with van der Waals surface area (Å²) in [7, 11) is 1.67. The van der Waals surface area contributed by atoms with Crippen LogP contribution in [0.3, 0.4) is 0 Å². The monoisotopic (exact) mass is 250 g/mol. The Morgan fingerprint density at radius 3 is 2.24 bits per heavy atom. The normalized spacial score (nSPS) is 13.1. The first-order chi connectivity index (χ1) is 7.59. The largest absolute Gasteiger partial charge is 0.401 e.